The van der Waals surface area contributed by atoms with Gasteiger partial charge in [-0.3, -0.25) is 4.98 Å². The van der Waals surface area contributed by atoms with E-state index in [2.05, 4.69) is 20.3 Å². The van der Waals surface area contributed by atoms with Crippen LogP contribution in [0.3, 0.4) is 0 Å². The van der Waals surface area contributed by atoms with E-state index in [1.165, 1.54) is 12.4 Å². The first-order valence-electron chi connectivity index (χ1n) is 12.3. The van der Waals surface area contributed by atoms with Crippen LogP contribution >= 0.6 is 23.7 Å². The Balaban J connectivity index is 0.00000370. The number of alkyl halides is 3. The van der Waals surface area contributed by atoms with Gasteiger partial charge >= 0.3 is 6.18 Å². The number of aromatic nitrogens is 3. The summed E-state index contributed by atoms with van der Waals surface area (Å²) >= 11 is 0.975. The zero-order valence-corrected chi connectivity index (χ0v) is 23.3. The second-order valence-corrected chi connectivity index (χ2v) is 10.7. The minimum Gasteiger partial charge on any atom is -0.495 e. The van der Waals surface area contributed by atoms with E-state index in [0.717, 1.165) is 28.0 Å². The van der Waals surface area contributed by atoms with Gasteiger partial charge in [-0.15, -0.1) is 23.7 Å². The van der Waals surface area contributed by atoms with Gasteiger partial charge in [-0.2, -0.15) is 13.2 Å². The van der Waals surface area contributed by atoms with Gasteiger partial charge in [0, 0.05) is 36.3 Å². The van der Waals surface area contributed by atoms with E-state index >= 15 is 0 Å². The first kappa shape index (κ1) is 29.9. The fourth-order valence-electron chi connectivity index (χ4n) is 4.96. The molecule has 0 bridgehead atoms. The fourth-order valence-corrected chi connectivity index (χ4v) is 5.98. The van der Waals surface area contributed by atoms with Gasteiger partial charge in [0.05, 0.1) is 37.3 Å². The number of thiophene rings is 1. The number of halogens is 4. The van der Waals surface area contributed by atoms with Gasteiger partial charge in [0.2, 0.25) is 0 Å². The van der Waals surface area contributed by atoms with Gasteiger partial charge < -0.3 is 25.2 Å². The second kappa shape index (κ2) is 12.2. The SMILES string of the molecule is COc1cncc(-c2ccc(CN[C@@H]3C[C@H](N(C)c4ncnc5sc(CC(F)(F)F)cc45)[C@H](O)[C@@H]3O)cc2)c1.Cl. The standard InChI is InChI=1S/C27H28F3N5O3S.ClH/c1-35(25-20-8-19(10-27(28,29)30)39-26(20)34-14-33-25)22-9-21(23(36)24(22)37)32-11-15-3-5-16(6-4-15)17-7-18(38-2)13-31-12-17;/h3-8,12-14,21-24,32,36-37H,9-11H2,1-2H3;1H/t21-,22+,23-,24+;/m1./s1. The van der Waals surface area contributed by atoms with Crippen molar-refractivity contribution in [3.63, 3.8) is 0 Å². The number of methoxy groups -OCH3 is 1. The highest BCUT2D eigenvalue weighted by Gasteiger charge is 2.44. The van der Waals surface area contributed by atoms with Crippen molar-refractivity contribution in [2.75, 3.05) is 19.1 Å². The molecule has 1 fully saturated rings. The third kappa shape index (κ3) is 6.47. The monoisotopic (exact) mass is 595 g/mol. The average molecular weight is 596 g/mol. The van der Waals surface area contributed by atoms with Gasteiger partial charge in [-0.05, 0) is 29.7 Å². The molecule has 0 radical (unpaired) electrons. The summed E-state index contributed by atoms with van der Waals surface area (Å²) in [4.78, 5) is 14.9. The molecule has 13 heteroatoms. The Morgan fingerprint density at radius 2 is 1.82 bits per heavy atom. The zero-order chi connectivity index (χ0) is 27.7. The van der Waals surface area contributed by atoms with Crippen LogP contribution in [-0.4, -0.2) is 69.8 Å². The third-order valence-corrected chi connectivity index (χ3v) is 8.07. The number of rotatable bonds is 8. The lowest BCUT2D eigenvalue weighted by Crippen LogP contribution is -2.43. The van der Waals surface area contributed by atoms with E-state index in [0.29, 0.717) is 34.7 Å². The maximum Gasteiger partial charge on any atom is 0.393 e. The number of anilines is 1. The highest BCUT2D eigenvalue weighted by atomic mass is 35.5. The Hall–Kier alpha value is -3.03. The Morgan fingerprint density at radius 3 is 2.52 bits per heavy atom. The molecule has 0 amide bonds. The largest absolute Gasteiger partial charge is 0.495 e. The Kier molecular flexibility index (Phi) is 9.16. The van der Waals surface area contributed by atoms with Crippen LogP contribution in [0.25, 0.3) is 21.3 Å². The first-order valence-corrected chi connectivity index (χ1v) is 13.2. The number of fused-ring (bicyclic) bond motifs is 1. The van der Waals surface area contributed by atoms with Crippen LogP contribution < -0.4 is 15.0 Å². The zero-order valence-electron chi connectivity index (χ0n) is 21.7. The molecule has 3 aromatic heterocycles. The maximum absolute atomic E-state index is 12.9. The molecule has 1 aliphatic carbocycles. The number of nitrogens with zero attached hydrogens (tertiary/aromatic N) is 4. The predicted molar refractivity (Wildman–Crippen MR) is 150 cm³/mol. The number of hydrogen-bond acceptors (Lipinski definition) is 9. The molecule has 1 saturated carbocycles. The quantitative estimate of drug-likeness (QED) is 0.276. The molecule has 5 rings (SSSR count). The van der Waals surface area contributed by atoms with Crippen molar-refractivity contribution < 1.29 is 28.1 Å². The normalized spacial score (nSPS) is 20.9. The lowest BCUT2D eigenvalue weighted by Gasteiger charge is -2.28. The van der Waals surface area contributed by atoms with E-state index in [1.807, 2.05) is 30.3 Å². The summed E-state index contributed by atoms with van der Waals surface area (Å²) < 4.78 is 44.0. The number of ether oxygens (including phenoxy) is 1. The van der Waals surface area contributed by atoms with Crippen LogP contribution in [0.15, 0.2) is 55.1 Å². The molecule has 3 N–H and O–H groups in total. The van der Waals surface area contributed by atoms with Gasteiger partial charge in [-0.1, -0.05) is 24.3 Å². The molecule has 4 aromatic rings. The van der Waals surface area contributed by atoms with Gasteiger partial charge in [0.15, 0.2) is 0 Å². The summed E-state index contributed by atoms with van der Waals surface area (Å²) in [5.74, 6) is 1.10. The molecule has 4 atom stereocenters. The summed E-state index contributed by atoms with van der Waals surface area (Å²) in [5, 5.41) is 25.5. The Bertz CT molecular complexity index is 1440. The number of hydrogen-bond donors (Lipinski definition) is 3. The van der Waals surface area contributed by atoms with Gasteiger partial charge in [0.25, 0.3) is 0 Å². The molecule has 0 unspecified atom stereocenters. The molecule has 214 valence electrons. The van der Waals surface area contributed by atoms with Crippen LogP contribution in [-0.2, 0) is 13.0 Å². The second-order valence-electron chi connectivity index (χ2n) is 9.61. The lowest BCUT2D eigenvalue weighted by atomic mass is 10.1. The highest BCUT2D eigenvalue weighted by Crippen LogP contribution is 2.36. The van der Waals surface area contributed by atoms with Crippen LogP contribution in [0.1, 0.15) is 16.9 Å². The molecule has 40 heavy (non-hydrogen) atoms. The van der Waals surface area contributed by atoms with Crippen molar-refractivity contribution in [3.05, 3.63) is 65.6 Å². The minimum atomic E-state index is -4.32. The number of benzene rings is 1. The van der Waals surface area contributed by atoms with E-state index in [4.69, 9.17) is 4.74 Å². The van der Waals surface area contributed by atoms with Crippen molar-refractivity contribution in [2.45, 2.75) is 49.9 Å². The summed E-state index contributed by atoms with van der Waals surface area (Å²) in [5.41, 5.74) is 2.93. The molecule has 1 aliphatic rings. The number of pyridine rings is 1. The number of aliphatic hydroxyl groups is 2. The topological polar surface area (TPSA) is 104 Å². The Morgan fingerprint density at radius 1 is 1.07 bits per heavy atom. The van der Waals surface area contributed by atoms with E-state index in [1.54, 1.807) is 31.5 Å². The number of aliphatic hydroxyl groups excluding tert-OH is 2. The minimum absolute atomic E-state index is 0. The summed E-state index contributed by atoms with van der Waals surface area (Å²) in [6.07, 6.45) is -2.33. The summed E-state index contributed by atoms with van der Waals surface area (Å²) in [6.45, 7) is 0.477. The lowest BCUT2D eigenvalue weighted by molar-refractivity contribution is -0.126. The van der Waals surface area contributed by atoms with E-state index in [9.17, 15) is 23.4 Å². The molecule has 3 heterocycles. The highest BCUT2D eigenvalue weighted by molar-refractivity contribution is 7.18. The van der Waals surface area contributed by atoms with Crippen molar-refractivity contribution in [1.82, 2.24) is 20.3 Å². The van der Waals surface area contributed by atoms with Gasteiger partial charge in [0.1, 0.15) is 28.8 Å². The van der Waals surface area contributed by atoms with Crippen molar-refractivity contribution in [3.8, 4) is 16.9 Å². The number of likely N-dealkylation sites (N-methyl/N-ethyl adjacent to an activating group) is 1. The molecule has 8 nitrogen and oxygen atoms in total. The van der Waals surface area contributed by atoms with Crippen LogP contribution in [0.2, 0.25) is 0 Å². The van der Waals surface area contributed by atoms with E-state index in [-0.39, 0.29) is 17.3 Å². The molecule has 0 saturated heterocycles. The van der Waals surface area contributed by atoms with Crippen molar-refractivity contribution in [1.29, 1.82) is 0 Å². The molecular formula is C27H29ClF3N5O3S. The predicted octanol–water partition coefficient (Wildman–Crippen LogP) is 4.38. The van der Waals surface area contributed by atoms with Crippen LogP contribution in [0.5, 0.6) is 5.75 Å². The van der Waals surface area contributed by atoms with Gasteiger partial charge in [-0.25, -0.2) is 9.97 Å². The third-order valence-electron chi connectivity index (χ3n) is 7.02. The number of nitrogens with one attached hydrogen (secondary N) is 1. The smallest absolute Gasteiger partial charge is 0.393 e. The first-order chi connectivity index (χ1) is 18.6. The summed E-state index contributed by atoms with van der Waals surface area (Å²) in [7, 11) is 3.31. The molecular weight excluding hydrogens is 567 g/mol. The molecule has 1 aromatic carbocycles. The Labute approximate surface area is 239 Å². The fraction of sp³-hybridized carbons (Fsp3) is 0.370. The summed E-state index contributed by atoms with van der Waals surface area (Å²) in [6, 6.07) is 10.4. The van der Waals surface area contributed by atoms with E-state index < -0.39 is 36.9 Å². The molecule has 0 aliphatic heterocycles. The van der Waals surface area contributed by atoms with Crippen LogP contribution in [0, 0.1) is 0 Å². The molecule has 0 spiro atoms. The van der Waals surface area contributed by atoms with Crippen molar-refractivity contribution >= 4 is 39.8 Å². The average Bonchev–Trinajstić information content (AvgIpc) is 3.45. The maximum atomic E-state index is 12.9. The van der Waals surface area contributed by atoms with Crippen LogP contribution in [0.4, 0.5) is 19.0 Å². The van der Waals surface area contributed by atoms with Crippen molar-refractivity contribution in [2.24, 2.45) is 0 Å².